The van der Waals surface area contributed by atoms with Crippen molar-refractivity contribution in [3.8, 4) is 0 Å². The molecule has 0 aliphatic rings. The molecule has 0 amide bonds. The normalized spacial score (nSPS) is 9.70. The molecule has 0 spiro atoms. The van der Waals surface area contributed by atoms with Gasteiger partial charge in [-0.25, -0.2) is 9.59 Å². The van der Waals surface area contributed by atoms with E-state index in [1.165, 1.54) is 0 Å². The average Bonchev–Trinajstić information content (AvgIpc) is 2.25. The van der Waals surface area contributed by atoms with Gasteiger partial charge < -0.3 is 19.7 Å². The van der Waals surface area contributed by atoms with E-state index in [1.807, 2.05) is 0 Å². The third-order valence-corrected chi connectivity index (χ3v) is 1.77. The number of hydrogen-bond acceptors (Lipinski definition) is 8. The molecule has 20 heavy (non-hydrogen) atoms. The van der Waals surface area contributed by atoms with Crippen LogP contribution in [0.2, 0.25) is 0 Å². The highest BCUT2D eigenvalue weighted by Crippen LogP contribution is 2.11. The summed E-state index contributed by atoms with van der Waals surface area (Å²) < 4.78 is 7.76. The van der Waals surface area contributed by atoms with Crippen molar-refractivity contribution in [2.45, 2.75) is 19.8 Å². The maximum absolute atomic E-state index is 11.4. The molecule has 0 saturated heterocycles. The lowest BCUT2D eigenvalue weighted by Crippen LogP contribution is -2.30. The molecule has 110 valence electrons. The fourth-order valence-corrected chi connectivity index (χ4v) is 1.05. The second-order valence-corrected chi connectivity index (χ2v) is 3.48. The van der Waals surface area contributed by atoms with Crippen LogP contribution in [0.25, 0.3) is 0 Å². The van der Waals surface area contributed by atoms with Crippen LogP contribution >= 0.6 is 0 Å². The molecular formula is C10H10O10. The summed E-state index contributed by atoms with van der Waals surface area (Å²) in [6.07, 6.45) is -1.81. The van der Waals surface area contributed by atoms with Crippen molar-refractivity contribution in [3.05, 3.63) is 0 Å². The molecular weight excluding hydrogens is 280 g/mol. The first-order valence-corrected chi connectivity index (χ1v) is 5.05. The quantitative estimate of drug-likeness (QED) is 0.354. The summed E-state index contributed by atoms with van der Waals surface area (Å²) in [5, 5.41) is 17.0. The van der Waals surface area contributed by atoms with Crippen LogP contribution in [0.3, 0.4) is 0 Å². The summed E-state index contributed by atoms with van der Waals surface area (Å²) in [5.41, 5.74) is 0. The van der Waals surface area contributed by atoms with E-state index < -0.39 is 54.6 Å². The van der Waals surface area contributed by atoms with Gasteiger partial charge in [-0.15, -0.1) is 0 Å². The minimum absolute atomic E-state index is 0.824. The van der Waals surface area contributed by atoms with Crippen molar-refractivity contribution in [1.82, 2.24) is 0 Å². The van der Waals surface area contributed by atoms with E-state index in [1.54, 1.807) is 0 Å². The number of hydrogen-bond donors (Lipinski definition) is 2. The van der Waals surface area contributed by atoms with Gasteiger partial charge in [0.1, 0.15) is 0 Å². The van der Waals surface area contributed by atoms with E-state index in [4.69, 9.17) is 10.2 Å². The Morgan fingerprint density at radius 1 is 0.850 bits per heavy atom. The first kappa shape index (κ1) is 17.2. The van der Waals surface area contributed by atoms with Gasteiger partial charge in [0.05, 0.1) is 18.8 Å². The summed E-state index contributed by atoms with van der Waals surface area (Å²) >= 11 is 0. The Hall–Kier alpha value is -2.78. The predicted molar refractivity (Wildman–Crippen MR) is 55.9 cm³/mol. The molecule has 0 rings (SSSR count). The van der Waals surface area contributed by atoms with Crippen LogP contribution < -0.4 is 0 Å². The van der Waals surface area contributed by atoms with E-state index in [0.717, 1.165) is 6.92 Å². The van der Waals surface area contributed by atoms with E-state index in [-0.39, 0.29) is 0 Å². The zero-order valence-corrected chi connectivity index (χ0v) is 10.2. The molecule has 0 aromatic rings. The number of aliphatic carboxylic acids is 2. The monoisotopic (exact) mass is 290 g/mol. The highest BCUT2D eigenvalue weighted by atomic mass is 16.6. The highest BCUT2D eigenvalue weighted by molar-refractivity contribution is 6.33. The third-order valence-electron chi connectivity index (χ3n) is 1.77. The molecule has 0 bridgehead atoms. The lowest BCUT2D eigenvalue weighted by molar-refractivity contribution is -0.178. The number of esters is 4. The van der Waals surface area contributed by atoms with Gasteiger partial charge in [0, 0.05) is 6.92 Å². The maximum Gasteiger partial charge on any atom is 0.425 e. The van der Waals surface area contributed by atoms with Crippen LogP contribution in [0.15, 0.2) is 0 Å². The van der Waals surface area contributed by atoms with Gasteiger partial charge in [-0.2, -0.15) is 0 Å². The van der Waals surface area contributed by atoms with Crippen LogP contribution in [0.1, 0.15) is 19.8 Å². The lowest BCUT2D eigenvalue weighted by atomic mass is 10.0. The first-order valence-electron chi connectivity index (χ1n) is 5.05. The Morgan fingerprint density at radius 3 is 1.60 bits per heavy atom. The summed E-state index contributed by atoms with van der Waals surface area (Å²) in [5.74, 6) is -10.9. The number of carbonyl (C=O) groups is 6. The smallest absolute Gasteiger partial charge is 0.425 e. The molecule has 2 N–H and O–H groups in total. The van der Waals surface area contributed by atoms with Gasteiger partial charge in [-0.3, -0.25) is 19.2 Å². The molecule has 0 saturated carbocycles. The number of ether oxygens (including phenoxy) is 2. The highest BCUT2D eigenvalue weighted by Gasteiger charge is 2.31. The minimum Gasteiger partial charge on any atom is -0.481 e. The molecule has 0 unspecified atom stereocenters. The standard InChI is InChI=1S/C10H10O10/c1-4(11)19-9(17)10(18)20-8(16)5(2-6(12)13)3-7(14)15/h5H,2-3H2,1H3,(H,12,13)(H,14,15). The van der Waals surface area contributed by atoms with Gasteiger partial charge in [-0.05, 0) is 0 Å². The predicted octanol–water partition coefficient (Wildman–Crippen LogP) is -1.29. The van der Waals surface area contributed by atoms with E-state index in [0.29, 0.717) is 0 Å². The molecule has 0 aromatic carbocycles. The molecule has 0 aliphatic heterocycles. The largest absolute Gasteiger partial charge is 0.481 e. The molecule has 10 heteroatoms. The average molecular weight is 290 g/mol. The fourth-order valence-electron chi connectivity index (χ4n) is 1.05. The van der Waals surface area contributed by atoms with Crippen LogP contribution in [-0.4, -0.2) is 46.0 Å². The second-order valence-electron chi connectivity index (χ2n) is 3.48. The van der Waals surface area contributed by atoms with Crippen molar-refractivity contribution in [2.24, 2.45) is 5.92 Å². The molecule has 0 radical (unpaired) electrons. The number of carbonyl (C=O) groups excluding carboxylic acids is 4. The Balaban J connectivity index is 4.70. The van der Waals surface area contributed by atoms with Crippen molar-refractivity contribution in [1.29, 1.82) is 0 Å². The van der Waals surface area contributed by atoms with E-state index >= 15 is 0 Å². The van der Waals surface area contributed by atoms with Crippen molar-refractivity contribution in [2.75, 3.05) is 0 Å². The molecule has 0 fully saturated rings. The van der Waals surface area contributed by atoms with E-state index in [9.17, 15) is 28.8 Å². The second kappa shape index (κ2) is 7.61. The van der Waals surface area contributed by atoms with Gasteiger partial charge >= 0.3 is 35.8 Å². The van der Waals surface area contributed by atoms with Gasteiger partial charge in [0.15, 0.2) is 0 Å². The van der Waals surface area contributed by atoms with Crippen LogP contribution in [-0.2, 0) is 38.2 Å². The van der Waals surface area contributed by atoms with E-state index in [2.05, 4.69) is 9.47 Å². The zero-order valence-electron chi connectivity index (χ0n) is 10.2. The van der Waals surface area contributed by atoms with Crippen molar-refractivity contribution in [3.63, 3.8) is 0 Å². The Morgan fingerprint density at radius 2 is 1.25 bits per heavy atom. The van der Waals surface area contributed by atoms with Crippen molar-refractivity contribution >= 4 is 35.8 Å². The summed E-state index contributed by atoms with van der Waals surface area (Å²) in [4.78, 5) is 64.5. The van der Waals surface area contributed by atoms with Crippen molar-refractivity contribution < 1.29 is 48.5 Å². The molecule has 10 nitrogen and oxygen atoms in total. The number of carboxylic acids is 2. The van der Waals surface area contributed by atoms with Gasteiger partial charge in [-0.1, -0.05) is 0 Å². The fraction of sp³-hybridized carbons (Fsp3) is 0.400. The van der Waals surface area contributed by atoms with Gasteiger partial charge in [0.25, 0.3) is 0 Å². The molecule has 0 aliphatic carbocycles. The summed E-state index contributed by atoms with van der Waals surface area (Å²) in [6.45, 7) is 0.824. The summed E-state index contributed by atoms with van der Waals surface area (Å²) in [7, 11) is 0. The molecule has 0 aromatic heterocycles. The number of rotatable bonds is 5. The Labute approximate surface area is 111 Å². The Kier molecular flexibility index (Phi) is 6.55. The van der Waals surface area contributed by atoms with Crippen LogP contribution in [0.4, 0.5) is 0 Å². The zero-order chi connectivity index (χ0) is 15.9. The maximum atomic E-state index is 11.4. The topological polar surface area (TPSA) is 161 Å². The van der Waals surface area contributed by atoms with Crippen LogP contribution in [0, 0.1) is 5.92 Å². The SMILES string of the molecule is CC(=O)OC(=O)C(=O)OC(=O)C(CC(=O)O)CC(=O)O. The van der Waals surface area contributed by atoms with Crippen LogP contribution in [0.5, 0.6) is 0 Å². The number of carboxylic acid groups (broad SMARTS) is 2. The van der Waals surface area contributed by atoms with Gasteiger partial charge in [0.2, 0.25) is 0 Å². The Bertz CT molecular complexity index is 447. The summed E-state index contributed by atoms with van der Waals surface area (Å²) in [6, 6.07) is 0. The third kappa shape index (κ3) is 6.83. The molecule has 0 atom stereocenters. The lowest BCUT2D eigenvalue weighted by Gasteiger charge is -2.10. The molecule has 0 heterocycles. The minimum atomic E-state index is -1.84. The first-order chi connectivity index (χ1) is 9.13.